The van der Waals surface area contributed by atoms with E-state index in [-0.39, 0.29) is 6.04 Å². The molecule has 0 fully saturated rings. The predicted octanol–water partition coefficient (Wildman–Crippen LogP) is 5.26. The highest BCUT2D eigenvalue weighted by Crippen LogP contribution is 2.29. The van der Waals surface area contributed by atoms with E-state index in [1.807, 2.05) is 42.5 Å². The van der Waals surface area contributed by atoms with Crippen molar-refractivity contribution in [1.82, 2.24) is 10.3 Å². The van der Waals surface area contributed by atoms with Gasteiger partial charge >= 0.3 is 0 Å². The summed E-state index contributed by atoms with van der Waals surface area (Å²) < 4.78 is 10.8. The third-order valence-corrected chi connectivity index (χ3v) is 5.51. The first kappa shape index (κ1) is 19.7. The van der Waals surface area contributed by atoms with Gasteiger partial charge in [-0.25, -0.2) is 4.98 Å². The lowest BCUT2D eigenvalue weighted by atomic mass is 10.1. The van der Waals surface area contributed by atoms with Gasteiger partial charge in [0, 0.05) is 35.0 Å². The first-order valence-corrected chi connectivity index (χ1v) is 9.98. The molecule has 0 amide bonds. The molecular weight excluding hydrogens is 380 g/mol. The molecule has 0 saturated carbocycles. The maximum Gasteiger partial charge on any atom is 0.123 e. The highest BCUT2D eigenvalue weighted by atomic mass is 35.5. The predicted molar refractivity (Wildman–Crippen MR) is 111 cm³/mol. The van der Waals surface area contributed by atoms with Crippen LogP contribution in [0.25, 0.3) is 0 Å². The average molecular weight is 403 g/mol. The number of halogens is 1. The van der Waals surface area contributed by atoms with Gasteiger partial charge in [-0.1, -0.05) is 23.7 Å². The van der Waals surface area contributed by atoms with Gasteiger partial charge in [-0.3, -0.25) is 0 Å². The second-order valence-electron chi connectivity index (χ2n) is 6.25. The minimum Gasteiger partial charge on any atom is -0.497 e. The summed E-state index contributed by atoms with van der Waals surface area (Å²) in [5.41, 5.74) is 3.31. The van der Waals surface area contributed by atoms with E-state index in [4.69, 9.17) is 26.1 Å². The fourth-order valence-electron chi connectivity index (χ4n) is 2.83. The van der Waals surface area contributed by atoms with E-state index < -0.39 is 0 Å². The van der Waals surface area contributed by atoms with Gasteiger partial charge in [-0.05, 0) is 42.8 Å². The van der Waals surface area contributed by atoms with Crippen LogP contribution in [0.3, 0.4) is 0 Å². The summed E-state index contributed by atoms with van der Waals surface area (Å²) in [6.45, 7) is 2.80. The molecule has 1 aromatic heterocycles. The molecule has 3 aromatic rings. The molecule has 1 atom stereocenters. The largest absolute Gasteiger partial charge is 0.497 e. The minimum atomic E-state index is 0.108. The second-order valence-corrected chi connectivity index (χ2v) is 7.63. The van der Waals surface area contributed by atoms with Crippen LogP contribution in [0.1, 0.15) is 34.8 Å². The molecule has 0 aliphatic rings. The number of ether oxygens (including phenoxy) is 2. The Bertz CT molecular complexity index is 880. The van der Waals surface area contributed by atoms with E-state index in [0.29, 0.717) is 6.54 Å². The van der Waals surface area contributed by atoms with Gasteiger partial charge in [0.25, 0.3) is 0 Å². The summed E-state index contributed by atoms with van der Waals surface area (Å²) in [7, 11) is 3.35. The quantitative estimate of drug-likeness (QED) is 0.558. The zero-order valence-corrected chi connectivity index (χ0v) is 17.2. The Labute approximate surface area is 169 Å². The number of hydrogen-bond donors (Lipinski definition) is 1. The lowest BCUT2D eigenvalue weighted by Gasteiger charge is -2.17. The molecule has 3 rings (SSSR count). The molecule has 27 heavy (non-hydrogen) atoms. The van der Waals surface area contributed by atoms with Crippen LogP contribution in [0.2, 0.25) is 5.02 Å². The van der Waals surface area contributed by atoms with Gasteiger partial charge in [0.2, 0.25) is 0 Å². The van der Waals surface area contributed by atoms with E-state index in [1.165, 1.54) is 5.56 Å². The van der Waals surface area contributed by atoms with Crippen LogP contribution in [-0.2, 0) is 13.0 Å². The van der Waals surface area contributed by atoms with Crippen molar-refractivity contribution in [2.45, 2.75) is 25.9 Å². The van der Waals surface area contributed by atoms with Crippen LogP contribution in [0, 0.1) is 0 Å². The summed E-state index contributed by atoms with van der Waals surface area (Å²) in [5, 5.41) is 7.47. The van der Waals surface area contributed by atoms with Gasteiger partial charge < -0.3 is 14.8 Å². The topological polar surface area (TPSA) is 43.4 Å². The van der Waals surface area contributed by atoms with Crippen molar-refractivity contribution in [3.05, 3.63) is 74.7 Å². The summed E-state index contributed by atoms with van der Waals surface area (Å²) in [4.78, 5) is 4.74. The molecule has 4 nitrogen and oxygen atoms in total. The van der Waals surface area contributed by atoms with Crippen molar-refractivity contribution in [2.24, 2.45) is 0 Å². The molecule has 0 aliphatic carbocycles. The lowest BCUT2D eigenvalue weighted by molar-refractivity contribution is 0.391. The van der Waals surface area contributed by atoms with Crippen LogP contribution in [0.5, 0.6) is 11.5 Å². The summed E-state index contributed by atoms with van der Waals surface area (Å²) >= 11 is 7.62. The normalized spacial score (nSPS) is 12.0. The maximum atomic E-state index is 5.94. The van der Waals surface area contributed by atoms with Crippen molar-refractivity contribution in [1.29, 1.82) is 0 Å². The number of nitrogens with one attached hydrogen (secondary N) is 1. The standard InChI is InChI=1S/C21H23ClN2O2S/c1-14(19-11-18(25-2)8-9-20(19)26-3)23-12-17-13-27-21(24-17)10-15-4-6-16(22)7-5-15/h4-9,11,13-14,23H,10,12H2,1-3H3. The zero-order valence-electron chi connectivity index (χ0n) is 15.7. The molecule has 0 spiro atoms. The van der Waals surface area contributed by atoms with Gasteiger partial charge in [-0.2, -0.15) is 0 Å². The molecule has 2 aromatic carbocycles. The summed E-state index contributed by atoms with van der Waals surface area (Å²) in [6, 6.07) is 13.8. The third kappa shape index (κ3) is 5.22. The van der Waals surface area contributed by atoms with E-state index >= 15 is 0 Å². The lowest BCUT2D eigenvalue weighted by Crippen LogP contribution is -2.19. The summed E-state index contributed by atoms with van der Waals surface area (Å²) in [5.74, 6) is 1.66. The number of aromatic nitrogens is 1. The number of hydrogen-bond acceptors (Lipinski definition) is 5. The van der Waals surface area contributed by atoms with Gasteiger partial charge in [-0.15, -0.1) is 11.3 Å². The van der Waals surface area contributed by atoms with E-state index in [2.05, 4.69) is 17.6 Å². The Balaban J connectivity index is 1.62. The van der Waals surface area contributed by atoms with Gasteiger partial charge in [0.15, 0.2) is 0 Å². The third-order valence-electron chi connectivity index (χ3n) is 4.36. The first-order valence-electron chi connectivity index (χ1n) is 8.72. The van der Waals surface area contributed by atoms with Crippen LogP contribution in [-0.4, -0.2) is 19.2 Å². The Morgan fingerprint density at radius 2 is 1.89 bits per heavy atom. The minimum absolute atomic E-state index is 0.108. The van der Waals surface area contributed by atoms with Crippen molar-refractivity contribution < 1.29 is 9.47 Å². The summed E-state index contributed by atoms with van der Waals surface area (Å²) in [6.07, 6.45) is 0.821. The van der Waals surface area contributed by atoms with Crippen LogP contribution in [0.4, 0.5) is 0 Å². The second kappa shape index (κ2) is 9.22. The molecular formula is C21H23ClN2O2S. The monoisotopic (exact) mass is 402 g/mol. The highest BCUT2D eigenvalue weighted by Gasteiger charge is 2.13. The fourth-order valence-corrected chi connectivity index (χ4v) is 3.79. The van der Waals surface area contributed by atoms with Gasteiger partial charge in [0.05, 0.1) is 24.9 Å². The van der Waals surface area contributed by atoms with Crippen molar-refractivity contribution in [3.8, 4) is 11.5 Å². The van der Waals surface area contributed by atoms with Crippen molar-refractivity contribution >= 4 is 22.9 Å². The molecule has 1 unspecified atom stereocenters. The molecule has 0 radical (unpaired) electrons. The van der Waals surface area contributed by atoms with E-state index in [0.717, 1.165) is 39.2 Å². The Morgan fingerprint density at radius 3 is 2.59 bits per heavy atom. The number of rotatable bonds is 8. The van der Waals surface area contributed by atoms with E-state index in [1.54, 1.807) is 25.6 Å². The SMILES string of the molecule is COc1ccc(OC)c(C(C)NCc2csc(Cc3ccc(Cl)cc3)n2)c1. The number of methoxy groups -OCH3 is 2. The van der Waals surface area contributed by atoms with Crippen LogP contribution in [0.15, 0.2) is 47.8 Å². The number of benzene rings is 2. The smallest absolute Gasteiger partial charge is 0.123 e. The van der Waals surface area contributed by atoms with Crippen molar-refractivity contribution in [3.63, 3.8) is 0 Å². The van der Waals surface area contributed by atoms with Crippen LogP contribution >= 0.6 is 22.9 Å². The average Bonchev–Trinajstić information content (AvgIpc) is 3.14. The molecule has 1 N–H and O–H groups in total. The molecule has 6 heteroatoms. The fraction of sp³-hybridized carbons (Fsp3) is 0.286. The van der Waals surface area contributed by atoms with Crippen molar-refractivity contribution in [2.75, 3.05) is 14.2 Å². The molecule has 0 saturated heterocycles. The molecule has 1 heterocycles. The Morgan fingerprint density at radius 1 is 1.11 bits per heavy atom. The van der Waals surface area contributed by atoms with E-state index in [9.17, 15) is 0 Å². The Hall–Kier alpha value is -2.08. The highest BCUT2D eigenvalue weighted by molar-refractivity contribution is 7.09. The Kier molecular flexibility index (Phi) is 6.72. The van der Waals surface area contributed by atoms with Gasteiger partial charge in [0.1, 0.15) is 11.5 Å². The zero-order chi connectivity index (χ0) is 19.2. The molecule has 0 bridgehead atoms. The first-order chi connectivity index (χ1) is 13.1. The molecule has 0 aliphatic heterocycles. The maximum absolute atomic E-state index is 5.94. The van der Waals surface area contributed by atoms with Crippen LogP contribution < -0.4 is 14.8 Å². The number of nitrogens with zero attached hydrogens (tertiary/aromatic N) is 1. The number of thiazole rings is 1. The molecule has 142 valence electrons.